The summed E-state index contributed by atoms with van der Waals surface area (Å²) in [6.07, 6.45) is 6.50. The van der Waals surface area contributed by atoms with Gasteiger partial charge < -0.3 is 19.7 Å². The maximum atomic E-state index is 13.9. The smallest absolute Gasteiger partial charge is 0.284 e. The number of hydrogen-bond acceptors (Lipinski definition) is 7. The van der Waals surface area contributed by atoms with Gasteiger partial charge >= 0.3 is 0 Å². The molecule has 0 spiro atoms. The standard InChI is InChI=1S/C23H25F2N7O3/c24-20(25)19-17(10-32(28-19)14-4-2-13(11-33)3-5-14)27-23(34)18-21-26-6-1-7-31(21)29-22(18)30-9-16-8-15(30)12-35-16/h1,6-7,10-11,13-16,20H,2-5,8-9,12H2,(H,27,34)/t13?,14?,15-,16-/m1/s1. The summed E-state index contributed by atoms with van der Waals surface area (Å²) in [5, 5.41) is 11.4. The van der Waals surface area contributed by atoms with Gasteiger partial charge in [0.25, 0.3) is 12.3 Å². The lowest BCUT2D eigenvalue weighted by Crippen LogP contribution is -2.38. The number of carbonyl (C=O) groups is 2. The van der Waals surface area contributed by atoms with Crippen LogP contribution in [0.15, 0.2) is 24.7 Å². The topological polar surface area (TPSA) is 107 Å². The second-order valence-electron chi connectivity index (χ2n) is 9.45. The molecule has 6 rings (SSSR count). The molecule has 35 heavy (non-hydrogen) atoms. The van der Waals surface area contributed by atoms with Gasteiger partial charge in [-0.3, -0.25) is 9.48 Å². The summed E-state index contributed by atoms with van der Waals surface area (Å²) in [4.78, 5) is 31.0. The molecule has 0 unspecified atom stereocenters. The summed E-state index contributed by atoms with van der Waals surface area (Å²) in [7, 11) is 0. The molecule has 1 amide bonds. The molecular weight excluding hydrogens is 460 g/mol. The Morgan fingerprint density at radius 2 is 2.03 bits per heavy atom. The van der Waals surface area contributed by atoms with E-state index in [1.807, 2.05) is 4.90 Å². The van der Waals surface area contributed by atoms with Crippen LogP contribution in [-0.2, 0) is 9.53 Å². The van der Waals surface area contributed by atoms with Crippen LogP contribution in [-0.4, -0.2) is 61.9 Å². The molecule has 10 nitrogen and oxygen atoms in total. The molecule has 2 aliphatic heterocycles. The number of aromatic nitrogens is 5. The number of rotatable bonds is 6. The van der Waals surface area contributed by atoms with Crippen molar-refractivity contribution in [1.29, 1.82) is 0 Å². The van der Waals surface area contributed by atoms with Gasteiger partial charge in [-0.2, -0.15) is 5.10 Å². The second kappa shape index (κ2) is 8.67. The highest BCUT2D eigenvalue weighted by molar-refractivity contribution is 6.12. The van der Waals surface area contributed by atoms with E-state index in [4.69, 9.17) is 4.74 Å². The van der Waals surface area contributed by atoms with E-state index in [2.05, 4.69) is 20.5 Å². The Bertz CT molecular complexity index is 1270. The summed E-state index contributed by atoms with van der Waals surface area (Å²) in [6, 6.07) is 1.73. The van der Waals surface area contributed by atoms with Crippen LogP contribution < -0.4 is 10.2 Å². The number of fused-ring (bicyclic) bond motifs is 3. The lowest BCUT2D eigenvalue weighted by Gasteiger charge is -2.27. The van der Waals surface area contributed by atoms with Crippen molar-refractivity contribution in [2.24, 2.45) is 5.92 Å². The second-order valence-corrected chi connectivity index (χ2v) is 9.45. The minimum absolute atomic E-state index is 0.00310. The van der Waals surface area contributed by atoms with E-state index in [-0.39, 0.29) is 35.4 Å². The molecule has 184 valence electrons. The first-order valence-electron chi connectivity index (χ1n) is 11.9. The maximum absolute atomic E-state index is 13.9. The molecular formula is C23H25F2N7O3. The number of alkyl halides is 2. The first-order chi connectivity index (χ1) is 17.0. The third-order valence-corrected chi connectivity index (χ3v) is 7.30. The zero-order chi connectivity index (χ0) is 24.1. The predicted octanol–water partition coefficient (Wildman–Crippen LogP) is 3.02. The van der Waals surface area contributed by atoms with Gasteiger partial charge in [0.15, 0.2) is 17.2 Å². The highest BCUT2D eigenvalue weighted by Crippen LogP contribution is 2.37. The lowest BCUT2D eigenvalue weighted by atomic mass is 9.87. The fourth-order valence-corrected chi connectivity index (χ4v) is 5.48. The van der Waals surface area contributed by atoms with E-state index < -0.39 is 18.0 Å². The largest absolute Gasteiger partial charge is 0.374 e. The van der Waals surface area contributed by atoms with Crippen molar-refractivity contribution in [1.82, 2.24) is 24.4 Å². The highest BCUT2D eigenvalue weighted by atomic mass is 19.3. The molecule has 3 aliphatic rings. The Hall–Kier alpha value is -3.41. The molecule has 2 atom stereocenters. The zero-order valence-corrected chi connectivity index (χ0v) is 18.9. The molecule has 1 aliphatic carbocycles. The van der Waals surface area contributed by atoms with E-state index in [0.29, 0.717) is 50.3 Å². The number of hydrogen-bond donors (Lipinski definition) is 1. The molecule has 2 saturated heterocycles. The number of ether oxygens (including phenoxy) is 1. The Morgan fingerprint density at radius 1 is 1.20 bits per heavy atom. The fourth-order valence-electron chi connectivity index (χ4n) is 5.48. The molecule has 0 aromatic carbocycles. The minimum atomic E-state index is -2.86. The Balaban J connectivity index is 1.32. The monoisotopic (exact) mass is 485 g/mol. The van der Waals surface area contributed by atoms with Crippen molar-refractivity contribution in [2.45, 2.75) is 56.7 Å². The molecule has 2 bridgehead atoms. The number of morpholine rings is 1. The number of aldehydes is 1. The normalized spacial score (nSPS) is 26.1. The van der Waals surface area contributed by atoms with Crippen LogP contribution >= 0.6 is 0 Å². The molecule has 1 N–H and O–H groups in total. The van der Waals surface area contributed by atoms with Crippen molar-refractivity contribution in [3.05, 3.63) is 35.9 Å². The van der Waals surface area contributed by atoms with Gasteiger partial charge in [0.1, 0.15) is 11.8 Å². The molecule has 3 aromatic rings. The van der Waals surface area contributed by atoms with Crippen LogP contribution in [0.3, 0.4) is 0 Å². The first-order valence-corrected chi connectivity index (χ1v) is 11.9. The van der Waals surface area contributed by atoms with Crippen LogP contribution in [0.1, 0.15) is 60.6 Å². The van der Waals surface area contributed by atoms with E-state index >= 15 is 0 Å². The summed E-state index contributed by atoms with van der Waals surface area (Å²) < 4.78 is 36.5. The van der Waals surface area contributed by atoms with Crippen LogP contribution in [0.2, 0.25) is 0 Å². The van der Waals surface area contributed by atoms with Crippen LogP contribution in [0.25, 0.3) is 5.65 Å². The quantitative estimate of drug-likeness (QED) is 0.535. The third kappa shape index (κ3) is 3.85. The molecule has 3 fully saturated rings. The number of carbonyl (C=O) groups excluding carboxylic acids is 2. The Labute approximate surface area is 199 Å². The van der Waals surface area contributed by atoms with Gasteiger partial charge in [0, 0.05) is 31.1 Å². The van der Waals surface area contributed by atoms with Crippen molar-refractivity contribution in [3.63, 3.8) is 0 Å². The van der Waals surface area contributed by atoms with Gasteiger partial charge in [-0.15, -0.1) is 5.10 Å². The summed E-state index contributed by atoms with van der Waals surface area (Å²) in [5.74, 6) is -0.0953. The average molecular weight is 485 g/mol. The van der Waals surface area contributed by atoms with Gasteiger partial charge in [-0.05, 0) is 38.2 Å². The van der Waals surface area contributed by atoms with E-state index in [9.17, 15) is 18.4 Å². The van der Waals surface area contributed by atoms with Crippen LogP contribution in [0.5, 0.6) is 0 Å². The van der Waals surface area contributed by atoms with E-state index in [1.165, 1.54) is 15.4 Å². The predicted molar refractivity (Wildman–Crippen MR) is 121 cm³/mol. The van der Waals surface area contributed by atoms with Gasteiger partial charge in [-0.25, -0.2) is 18.3 Å². The molecule has 0 radical (unpaired) electrons. The van der Waals surface area contributed by atoms with Gasteiger partial charge in [0.05, 0.1) is 30.5 Å². The lowest BCUT2D eigenvalue weighted by molar-refractivity contribution is -0.112. The summed E-state index contributed by atoms with van der Waals surface area (Å²) in [6.45, 7) is 1.17. The zero-order valence-electron chi connectivity index (χ0n) is 18.9. The SMILES string of the molecule is O=CC1CCC(n2cc(NC(=O)c3c(N4C[C@H]5C[C@@H]4CO5)nn4cccnc34)c(C(F)F)n2)CC1. The van der Waals surface area contributed by atoms with E-state index in [0.717, 1.165) is 12.7 Å². The van der Waals surface area contributed by atoms with Crippen LogP contribution in [0.4, 0.5) is 20.3 Å². The first kappa shape index (κ1) is 22.1. The molecule has 12 heteroatoms. The number of nitrogens with one attached hydrogen (secondary N) is 1. The summed E-state index contributed by atoms with van der Waals surface area (Å²) >= 11 is 0. The maximum Gasteiger partial charge on any atom is 0.284 e. The third-order valence-electron chi connectivity index (χ3n) is 7.30. The van der Waals surface area contributed by atoms with Crippen molar-refractivity contribution in [3.8, 4) is 0 Å². The van der Waals surface area contributed by atoms with Crippen molar-refractivity contribution < 1.29 is 23.1 Å². The van der Waals surface area contributed by atoms with Crippen molar-refractivity contribution in [2.75, 3.05) is 23.4 Å². The fraction of sp³-hybridized carbons (Fsp3) is 0.522. The molecule has 3 aromatic heterocycles. The van der Waals surface area contributed by atoms with Crippen molar-refractivity contribution >= 4 is 29.3 Å². The number of nitrogens with zero attached hydrogens (tertiary/aromatic N) is 6. The number of anilines is 2. The van der Waals surface area contributed by atoms with Gasteiger partial charge in [-0.1, -0.05) is 0 Å². The number of amides is 1. The molecule has 1 saturated carbocycles. The Kier molecular flexibility index (Phi) is 5.47. The molecule has 5 heterocycles. The number of halogens is 2. The van der Waals surface area contributed by atoms with Crippen LogP contribution in [0, 0.1) is 5.92 Å². The summed E-state index contributed by atoms with van der Waals surface area (Å²) in [5.41, 5.74) is 0.0740. The highest BCUT2D eigenvalue weighted by Gasteiger charge is 2.42. The van der Waals surface area contributed by atoms with E-state index in [1.54, 1.807) is 18.5 Å². The average Bonchev–Trinajstić information content (AvgIpc) is 3.66. The minimum Gasteiger partial charge on any atom is -0.374 e. The Morgan fingerprint density at radius 3 is 2.71 bits per heavy atom. The van der Waals surface area contributed by atoms with Gasteiger partial charge in [0.2, 0.25) is 0 Å².